The van der Waals surface area contributed by atoms with Gasteiger partial charge in [0, 0.05) is 6.42 Å². The second kappa shape index (κ2) is 25.8. The zero-order chi connectivity index (χ0) is 26.9. The Bertz CT molecular complexity index is 480. The molecule has 10 nitrogen and oxygen atoms in total. The van der Waals surface area contributed by atoms with Crippen molar-refractivity contribution in [2.75, 3.05) is 52.9 Å². The minimum absolute atomic E-state index is 0.0756. The van der Waals surface area contributed by atoms with Crippen LogP contribution in [0.15, 0.2) is 0 Å². The average Bonchev–Trinajstić information content (AvgIpc) is 2.85. The summed E-state index contributed by atoms with van der Waals surface area (Å²) in [5.41, 5.74) is 0. The zero-order valence-corrected chi connectivity index (χ0v) is 22.2. The molecule has 0 aromatic rings. The molecular weight excluding hydrogens is 472 g/mol. The van der Waals surface area contributed by atoms with Crippen LogP contribution >= 0.6 is 0 Å². The van der Waals surface area contributed by atoms with Gasteiger partial charge in [-0.15, -0.1) is 0 Å². The number of rotatable bonds is 27. The molecule has 0 heterocycles. The molecule has 0 saturated carbocycles. The van der Waals surface area contributed by atoms with Crippen molar-refractivity contribution in [3.8, 4) is 0 Å². The van der Waals surface area contributed by atoms with E-state index >= 15 is 0 Å². The lowest BCUT2D eigenvalue weighted by Crippen LogP contribution is -2.30. The van der Waals surface area contributed by atoms with Crippen LogP contribution in [0.3, 0.4) is 0 Å². The van der Waals surface area contributed by atoms with Crippen molar-refractivity contribution >= 4 is 5.97 Å². The fourth-order valence-corrected chi connectivity index (χ4v) is 3.41. The lowest BCUT2D eigenvalue weighted by atomic mass is 10.1. The molecule has 0 aromatic heterocycles. The van der Waals surface area contributed by atoms with Gasteiger partial charge in [0.1, 0.15) is 31.0 Å². The van der Waals surface area contributed by atoms with Crippen LogP contribution in [0.4, 0.5) is 0 Å². The summed E-state index contributed by atoms with van der Waals surface area (Å²) >= 11 is 0. The van der Waals surface area contributed by atoms with Crippen molar-refractivity contribution in [3.63, 3.8) is 0 Å². The lowest BCUT2D eigenvalue weighted by molar-refractivity contribution is -0.148. The first kappa shape index (κ1) is 35.2. The third-order valence-electron chi connectivity index (χ3n) is 5.49. The first-order chi connectivity index (χ1) is 17.4. The largest absolute Gasteiger partial charge is 0.463 e. The monoisotopic (exact) mass is 524 g/mol. The molecule has 4 atom stereocenters. The summed E-state index contributed by atoms with van der Waals surface area (Å²) in [6.45, 7) is 1.15. The number of esters is 1. The van der Waals surface area contributed by atoms with Crippen LogP contribution in [0.2, 0.25) is 0 Å². The summed E-state index contributed by atoms with van der Waals surface area (Å²) in [5.74, 6) is -0.327. The molecule has 0 saturated heterocycles. The Balaban J connectivity index is 3.53. The van der Waals surface area contributed by atoms with E-state index in [1.165, 1.54) is 51.4 Å². The van der Waals surface area contributed by atoms with Gasteiger partial charge in [-0.05, 0) is 6.42 Å². The van der Waals surface area contributed by atoms with E-state index in [0.29, 0.717) is 6.42 Å². The third kappa shape index (κ3) is 24.8. The molecule has 0 fully saturated rings. The van der Waals surface area contributed by atoms with Gasteiger partial charge in [0.25, 0.3) is 0 Å². The molecule has 0 radical (unpaired) electrons. The van der Waals surface area contributed by atoms with Gasteiger partial charge < -0.3 is 44.5 Å². The number of hydrogen-bond donors (Lipinski definition) is 5. The van der Waals surface area contributed by atoms with Gasteiger partial charge in [-0.1, -0.05) is 71.1 Å². The molecule has 4 unspecified atom stereocenters. The van der Waals surface area contributed by atoms with E-state index in [2.05, 4.69) is 6.92 Å². The highest BCUT2D eigenvalue weighted by atomic mass is 16.6. The number of carbonyl (C=O) groups excluding carboxylic acids is 1. The van der Waals surface area contributed by atoms with Crippen LogP contribution in [-0.2, 0) is 23.7 Å². The summed E-state index contributed by atoms with van der Waals surface area (Å²) in [6.07, 6.45) is 9.81. The third-order valence-corrected chi connectivity index (χ3v) is 5.49. The summed E-state index contributed by atoms with van der Waals surface area (Å²) in [4.78, 5) is 11.8. The highest BCUT2D eigenvalue weighted by molar-refractivity contribution is 5.69. The molecule has 216 valence electrons. The van der Waals surface area contributed by atoms with Crippen LogP contribution < -0.4 is 0 Å². The highest BCUT2D eigenvalue weighted by Gasteiger charge is 2.13. The zero-order valence-electron chi connectivity index (χ0n) is 22.2. The molecule has 0 bridgehead atoms. The van der Waals surface area contributed by atoms with Crippen LogP contribution in [0.1, 0.15) is 84.0 Å². The Morgan fingerprint density at radius 1 is 0.556 bits per heavy atom. The maximum Gasteiger partial charge on any atom is 0.305 e. The van der Waals surface area contributed by atoms with Crippen LogP contribution in [0.25, 0.3) is 0 Å². The van der Waals surface area contributed by atoms with Gasteiger partial charge in [0.05, 0.1) is 46.2 Å². The van der Waals surface area contributed by atoms with E-state index in [-0.39, 0.29) is 52.2 Å². The minimum atomic E-state index is -0.995. The van der Waals surface area contributed by atoms with E-state index in [1.54, 1.807) is 0 Å². The molecule has 0 amide bonds. The Morgan fingerprint density at radius 2 is 0.917 bits per heavy atom. The van der Waals surface area contributed by atoms with Crippen molar-refractivity contribution in [1.29, 1.82) is 0 Å². The van der Waals surface area contributed by atoms with E-state index in [4.69, 9.17) is 29.2 Å². The molecule has 0 rings (SSSR count). The quantitative estimate of drug-likeness (QED) is 0.0792. The van der Waals surface area contributed by atoms with Crippen LogP contribution in [0.5, 0.6) is 0 Å². The Kier molecular flexibility index (Phi) is 25.2. The van der Waals surface area contributed by atoms with Gasteiger partial charge in [0.15, 0.2) is 0 Å². The number of aliphatic hydroxyl groups is 5. The predicted octanol–water partition coefficient (Wildman–Crippen LogP) is 1.72. The number of unbranched alkanes of at least 4 members (excludes halogenated alkanes) is 10. The molecular formula is C26H52O10. The second-order valence-corrected chi connectivity index (χ2v) is 9.38. The molecule has 0 aliphatic heterocycles. The van der Waals surface area contributed by atoms with Crippen LogP contribution in [-0.4, -0.2) is 109 Å². The SMILES string of the molecule is CCCCCCCCCCCCCC(=O)OCC(O)COCC(O)COCC(O)COCC(O)CO. The first-order valence-corrected chi connectivity index (χ1v) is 13.6. The minimum Gasteiger partial charge on any atom is -0.463 e. The molecule has 0 spiro atoms. The van der Waals surface area contributed by atoms with E-state index in [1.807, 2.05) is 0 Å². The van der Waals surface area contributed by atoms with E-state index < -0.39 is 31.0 Å². The number of hydrogen-bond acceptors (Lipinski definition) is 10. The summed E-state index contributed by atoms with van der Waals surface area (Å²) in [7, 11) is 0. The average molecular weight is 525 g/mol. The van der Waals surface area contributed by atoms with Crippen molar-refractivity contribution in [2.24, 2.45) is 0 Å². The maximum atomic E-state index is 11.8. The molecule has 0 aliphatic carbocycles. The van der Waals surface area contributed by atoms with Gasteiger partial charge in [0.2, 0.25) is 0 Å². The van der Waals surface area contributed by atoms with Gasteiger partial charge in [-0.25, -0.2) is 0 Å². The Hall–Kier alpha value is -0.850. The molecule has 36 heavy (non-hydrogen) atoms. The molecule has 0 aliphatic rings. The van der Waals surface area contributed by atoms with E-state index in [9.17, 15) is 20.1 Å². The second-order valence-electron chi connectivity index (χ2n) is 9.38. The fourth-order valence-electron chi connectivity index (χ4n) is 3.41. The maximum absolute atomic E-state index is 11.8. The highest BCUT2D eigenvalue weighted by Crippen LogP contribution is 2.12. The van der Waals surface area contributed by atoms with Crippen molar-refractivity contribution in [2.45, 2.75) is 108 Å². The number of ether oxygens (including phenoxy) is 4. The van der Waals surface area contributed by atoms with Gasteiger partial charge in [-0.2, -0.15) is 0 Å². The van der Waals surface area contributed by atoms with Crippen molar-refractivity contribution in [1.82, 2.24) is 0 Å². The fraction of sp³-hybridized carbons (Fsp3) is 0.962. The standard InChI is InChI=1S/C26H52O10/c1-2-3-4-5-6-7-8-9-10-11-12-13-26(32)36-21-25(31)20-35-19-24(30)18-34-17-23(29)16-33-15-22(28)14-27/h22-25,27-31H,2-21H2,1H3. The first-order valence-electron chi connectivity index (χ1n) is 13.6. The summed E-state index contributed by atoms with van der Waals surface area (Å²) in [5, 5.41) is 47.1. The predicted molar refractivity (Wildman–Crippen MR) is 136 cm³/mol. The Labute approximate surface area is 216 Å². The topological polar surface area (TPSA) is 155 Å². The smallest absolute Gasteiger partial charge is 0.305 e. The van der Waals surface area contributed by atoms with Crippen LogP contribution in [0, 0.1) is 0 Å². The van der Waals surface area contributed by atoms with Gasteiger partial charge in [-0.3, -0.25) is 4.79 Å². The summed E-state index contributed by atoms with van der Waals surface area (Å²) < 4.78 is 20.5. The van der Waals surface area contributed by atoms with Gasteiger partial charge >= 0.3 is 5.97 Å². The molecule has 0 aromatic carbocycles. The number of aliphatic hydroxyl groups excluding tert-OH is 5. The van der Waals surface area contributed by atoms with E-state index in [0.717, 1.165) is 19.3 Å². The van der Waals surface area contributed by atoms with Crippen molar-refractivity contribution < 1.29 is 49.3 Å². The lowest BCUT2D eigenvalue weighted by Gasteiger charge is -2.16. The molecule has 10 heteroatoms. The molecule has 5 N–H and O–H groups in total. The normalized spacial score (nSPS) is 14.9. The van der Waals surface area contributed by atoms with Crippen molar-refractivity contribution in [3.05, 3.63) is 0 Å². The number of carbonyl (C=O) groups is 1. The summed E-state index contributed by atoms with van der Waals surface area (Å²) in [6, 6.07) is 0. The Morgan fingerprint density at radius 3 is 1.33 bits per heavy atom.